The maximum atomic E-state index is 9.16. The van der Waals surface area contributed by atoms with Gasteiger partial charge in [0.25, 0.3) is 0 Å². The Hall–Kier alpha value is -0.480. The van der Waals surface area contributed by atoms with Gasteiger partial charge in [-0.3, -0.25) is 0 Å². The molecule has 1 heterocycles. The summed E-state index contributed by atoms with van der Waals surface area (Å²) >= 11 is 12.1. The van der Waals surface area contributed by atoms with E-state index >= 15 is 0 Å². The molecular weight excluding hydrogens is 295 g/mol. The molecule has 112 valence electrons. The zero-order chi connectivity index (χ0) is 14.5. The van der Waals surface area contributed by atoms with Crippen LogP contribution in [0.25, 0.3) is 0 Å². The topological polar surface area (TPSA) is 26.7 Å². The van der Waals surface area contributed by atoms with Crippen LogP contribution in [-0.2, 0) is 0 Å². The van der Waals surface area contributed by atoms with Crippen molar-refractivity contribution in [2.24, 2.45) is 5.92 Å². The standard InChI is InChI=1S/C15H22Cl2N2O/c1-12(11-20)10-18-5-2-6-19(8-7-18)13-3-4-14(16)15(17)9-13/h3-4,9,12,20H,2,5-8,10-11H2,1H3/t12-/m0/s1. The summed E-state index contributed by atoms with van der Waals surface area (Å²) in [5.41, 5.74) is 1.14. The average Bonchev–Trinajstić information content (AvgIpc) is 2.67. The largest absolute Gasteiger partial charge is 0.396 e. The van der Waals surface area contributed by atoms with Gasteiger partial charge >= 0.3 is 0 Å². The van der Waals surface area contributed by atoms with Crippen molar-refractivity contribution in [1.82, 2.24) is 4.90 Å². The minimum absolute atomic E-state index is 0.257. The van der Waals surface area contributed by atoms with Crippen LogP contribution in [0.15, 0.2) is 18.2 Å². The second kappa shape index (κ2) is 7.51. The van der Waals surface area contributed by atoms with Crippen LogP contribution in [0.4, 0.5) is 5.69 Å². The van der Waals surface area contributed by atoms with E-state index in [4.69, 9.17) is 28.3 Å². The van der Waals surface area contributed by atoms with Crippen LogP contribution in [0.3, 0.4) is 0 Å². The number of halogens is 2. The van der Waals surface area contributed by atoms with Gasteiger partial charge in [0, 0.05) is 38.5 Å². The number of aliphatic hydroxyl groups excluding tert-OH is 1. The molecule has 0 spiro atoms. The first-order valence-corrected chi connectivity index (χ1v) is 7.89. The van der Waals surface area contributed by atoms with E-state index in [1.807, 2.05) is 18.2 Å². The average molecular weight is 317 g/mol. The molecule has 0 amide bonds. The first kappa shape index (κ1) is 15.9. The monoisotopic (exact) mass is 316 g/mol. The van der Waals surface area contributed by atoms with Gasteiger partial charge in [0.2, 0.25) is 0 Å². The van der Waals surface area contributed by atoms with Crippen LogP contribution >= 0.6 is 23.2 Å². The van der Waals surface area contributed by atoms with Gasteiger partial charge in [-0.1, -0.05) is 30.1 Å². The minimum Gasteiger partial charge on any atom is -0.396 e. The van der Waals surface area contributed by atoms with Crippen molar-refractivity contribution in [3.05, 3.63) is 28.2 Å². The van der Waals surface area contributed by atoms with Gasteiger partial charge < -0.3 is 14.9 Å². The van der Waals surface area contributed by atoms with Crippen molar-refractivity contribution >= 4 is 28.9 Å². The van der Waals surface area contributed by atoms with Gasteiger partial charge in [0.1, 0.15) is 0 Å². The van der Waals surface area contributed by atoms with Crippen molar-refractivity contribution < 1.29 is 5.11 Å². The van der Waals surface area contributed by atoms with Gasteiger partial charge in [-0.25, -0.2) is 0 Å². The molecule has 0 unspecified atom stereocenters. The molecule has 5 heteroatoms. The van der Waals surface area contributed by atoms with Crippen LogP contribution < -0.4 is 4.90 Å². The molecule has 1 aliphatic rings. The SMILES string of the molecule is C[C@H](CO)CN1CCCN(c2ccc(Cl)c(Cl)c2)CC1. The molecule has 0 aliphatic carbocycles. The lowest BCUT2D eigenvalue weighted by atomic mass is 10.2. The number of nitrogens with zero attached hydrogens (tertiary/aromatic N) is 2. The lowest BCUT2D eigenvalue weighted by Crippen LogP contribution is -2.34. The summed E-state index contributed by atoms with van der Waals surface area (Å²) in [6.45, 7) is 7.42. The van der Waals surface area contributed by atoms with Gasteiger partial charge in [0.05, 0.1) is 10.0 Å². The molecule has 3 nitrogen and oxygen atoms in total. The third-order valence-corrected chi connectivity index (χ3v) is 4.48. The second-order valence-electron chi connectivity index (χ2n) is 5.53. The van der Waals surface area contributed by atoms with Crippen molar-refractivity contribution in [1.29, 1.82) is 0 Å². The number of anilines is 1. The predicted octanol–water partition coefficient (Wildman–Crippen LogP) is 3.13. The third-order valence-electron chi connectivity index (χ3n) is 3.74. The number of rotatable bonds is 4. The van der Waals surface area contributed by atoms with Gasteiger partial charge in [-0.2, -0.15) is 0 Å². The molecule has 1 atom stereocenters. The third kappa shape index (κ3) is 4.26. The van der Waals surface area contributed by atoms with E-state index in [0.29, 0.717) is 16.0 Å². The van der Waals surface area contributed by atoms with E-state index in [1.165, 1.54) is 0 Å². The Morgan fingerprint density at radius 2 is 1.95 bits per heavy atom. The molecule has 0 saturated carbocycles. The summed E-state index contributed by atoms with van der Waals surface area (Å²) in [6, 6.07) is 5.83. The van der Waals surface area contributed by atoms with Gasteiger partial charge in [-0.15, -0.1) is 0 Å². The van der Waals surface area contributed by atoms with Gasteiger partial charge in [0.15, 0.2) is 0 Å². The summed E-state index contributed by atoms with van der Waals surface area (Å²) in [5, 5.41) is 10.4. The Morgan fingerprint density at radius 3 is 2.65 bits per heavy atom. The first-order chi connectivity index (χ1) is 9.60. The molecule has 0 bridgehead atoms. The Bertz CT molecular complexity index is 442. The molecule has 1 fully saturated rings. The highest BCUT2D eigenvalue weighted by Gasteiger charge is 2.17. The lowest BCUT2D eigenvalue weighted by Gasteiger charge is -2.25. The highest BCUT2D eigenvalue weighted by molar-refractivity contribution is 6.42. The highest BCUT2D eigenvalue weighted by atomic mass is 35.5. The predicted molar refractivity (Wildman–Crippen MR) is 86.0 cm³/mol. The van der Waals surface area contributed by atoms with E-state index < -0.39 is 0 Å². The number of hydrogen-bond acceptors (Lipinski definition) is 3. The van der Waals surface area contributed by atoms with Crippen molar-refractivity contribution in [2.75, 3.05) is 44.2 Å². The lowest BCUT2D eigenvalue weighted by molar-refractivity contribution is 0.179. The molecular formula is C15H22Cl2N2O. The van der Waals surface area contributed by atoms with Crippen LogP contribution in [0.5, 0.6) is 0 Å². The smallest absolute Gasteiger partial charge is 0.0612 e. The number of hydrogen-bond donors (Lipinski definition) is 1. The fourth-order valence-electron chi connectivity index (χ4n) is 2.59. The van der Waals surface area contributed by atoms with Crippen molar-refractivity contribution in [3.63, 3.8) is 0 Å². The molecule has 20 heavy (non-hydrogen) atoms. The fourth-order valence-corrected chi connectivity index (χ4v) is 2.88. The van der Waals surface area contributed by atoms with Crippen LogP contribution in [0, 0.1) is 5.92 Å². The maximum absolute atomic E-state index is 9.16. The molecule has 1 aliphatic heterocycles. The first-order valence-electron chi connectivity index (χ1n) is 7.13. The molecule has 1 N–H and O–H groups in total. The van der Waals surface area contributed by atoms with E-state index in [9.17, 15) is 0 Å². The Balaban J connectivity index is 1.96. The zero-order valence-corrected chi connectivity index (χ0v) is 13.4. The minimum atomic E-state index is 0.257. The van der Waals surface area contributed by atoms with Crippen LogP contribution in [0.1, 0.15) is 13.3 Å². The Labute approximate surface area is 131 Å². The molecule has 1 saturated heterocycles. The summed E-state index contributed by atoms with van der Waals surface area (Å²) in [4.78, 5) is 4.78. The Kier molecular flexibility index (Phi) is 5.97. The molecule has 2 rings (SSSR count). The van der Waals surface area contributed by atoms with Gasteiger partial charge in [-0.05, 0) is 37.1 Å². The van der Waals surface area contributed by atoms with E-state index in [-0.39, 0.29) is 6.61 Å². The summed E-state index contributed by atoms with van der Waals surface area (Å²) < 4.78 is 0. The molecule has 0 aromatic heterocycles. The van der Waals surface area contributed by atoms with E-state index in [2.05, 4.69) is 16.7 Å². The Morgan fingerprint density at radius 1 is 1.15 bits per heavy atom. The van der Waals surface area contributed by atoms with Crippen LogP contribution in [0.2, 0.25) is 10.0 Å². The van der Waals surface area contributed by atoms with Crippen molar-refractivity contribution in [2.45, 2.75) is 13.3 Å². The normalized spacial score (nSPS) is 18.9. The number of aliphatic hydroxyl groups is 1. The summed E-state index contributed by atoms with van der Waals surface area (Å²) in [5.74, 6) is 0.339. The zero-order valence-electron chi connectivity index (χ0n) is 11.9. The maximum Gasteiger partial charge on any atom is 0.0612 e. The second-order valence-corrected chi connectivity index (χ2v) is 6.34. The summed E-state index contributed by atoms with van der Waals surface area (Å²) in [7, 11) is 0. The quantitative estimate of drug-likeness (QED) is 0.924. The van der Waals surface area contributed by atoms with Crippen LogP contribution in [-0.4, -0.2) is 49.3 Å². The molecule has 1 aromatic carbocycles. The molecule has 1 aromatic rings. The molecule has 0 radical (unpaired) electrons. The van der Waals surface area contributed by atoms with E-state index in [1.54, 1.807) is 0 Å². The fraction of sp³-hybridized carbons (Fsp3) is 0.600. The number of benzene rings is 1. The van der Waals surface area contributed by atoms with Crippen molar-refractivity contribution in [3.8, 4) is 0 Å². The van der Waals surface area contributed by atoms with E-state index in [0.717, 1.165) is 44.8 Å². The summed E-state index contributed by atoms with van der Waals surface area (Å²) in [6.07, 6.45) is 1.12. The highest BCUT2D eigenvalue weighted by Crippen LogP contribution is 2.27.